The fourth-order valence-corrected chi connectivity index (χ4v) is 1.83. The minimum atomic E-state index is -3.68. The monoisotopic (exact) mass is 256 g/mol. The molecule has 0 saturated carbocycles. The highest BCUT2D eigenvalue weighted by Gasteiger charge is 2.08. The zero-order valence-electron chi connectivity index (χ0n) is 9.80. The molecular weight excluding hydrogens is 240 g/mol. The van der Waals surface area contributed by atoms with Crippen molar-refractivity contribution in [3.63, 3.8) is 0 Å². The maximum Gasteiger partial charge on any atom is 0.238 e. The Hall–Kier alpha value is -1.40. The highest BCUT2D eigenvalue weighted by Crippen LogP contribution is 2.13. The molecule has 0 heterocycles. The van der Waals surface area contributed by atoms with Gasteiger partial charge in [-0.05, 0) is 30.2 Å². The zero-order chi connectivity index (χ0) is 13.1. The van der Waals surface area contributed by atoms with E-state index in [1.165, 1.54) is 24.3 Å². The van der Waals surface area contributed by atoms with Gasteiger partial charge in [-0.15, -0.1) is 0 Å². The van der Waals surface area contributed by atoms with Crippen LogP contribution in [0.1, 0.15) is 20.3 Å². The first-order valence-corrected chi connectivity index (χ1v) is 6.76. The number of anilines is 1. The minimum absolute atomic E-state index is 0.0272. The molecule has 0 radical (unpaired) electrons. The molecule has 0 atom stereocenters. The van der Waals surface area contributed by atoms with E-state index in [1.54, 1.807) is 0 Å². The SMILES string of the molecule is CC(C)CC(=O)Nc1ccc(S(N)(=O)=O)cc1. The Balaban J connectivity index is 2.73. The Bertz CT molecular complexity index is 492. The van der Waals surface area contributed by atoms with Crippen molar-refractivity contribution in [3.05, 3.63) is 24.3 Å². The summed E-state index contributed by atoms with van der Waals surface area (Å²) in [6.07, 6.45) is 0.428. The average molecular weight is 256 g/mol. The summed E-state index contributed by atoms with van der Waals surface area (Å²) in [7, 11) is -3.68. The van der Waals surface area contributed by atoms with E-state index in [1.807, 2.05) is 13.8 Å². The number of hydrogen-bond donors (Lipinski definition) is 2. The van der Waals surface area contributed by atoms with Gasteiger partial charge in [0.2, 0.25) is 15.9 Å². The second kappa shape index (κ2) is 5.29. The average Bonchev–Trinajstić information content (AvgIpc) is 2.15. The molecule has 94 valence electrons. The van der Waals surface area contributed by atoms with Gasteiger partial charge >= 0.3 is 0 Å². The normalized spacial score (nSPS) is 11.5. The van der Waals surface area contributed by atoms with E-state index in [0.717, 1.165) is 0 Å². The summed E-state index contributed by atoms with van der Waals surface area (Å²) in [5, 5.41) is 7.64. The first kappa shape index (κ1) is 13.7. The largest absolute Gasteiger partial charge is 0.326 e. The fraction of sp³-hybridized carbons (Fsp3) is 0.364. The van der Waals surface area contributed by atoms with Crippen LogP contribution in [0.2, 0.25) is 0 Å². The van der Waals surface area contributed by atoms with Crippen LogP contribution >= 0.6 is 0 Å². The van der Waals surface area contributed by atoms with E-state index < -0.39 is 10.0 Å². The minimum Gasteiger partial charge on any atom is -0.326 e. The van der Waals surface area contributed by atoms with E-state index in [-0.39, 0.29) is 16.7 Å². The van der Waals surface area contributed by atoms with E-state index in [2.05, 4.69) is 5.32 Å². The van der Waals surface area contributed by atoms with Gasteiger partial charge in [0.1, 0.15) is 0 Å². The number of nitrogens with one attached hydrogen (secondary N) is 1. The molecule has 0 aliphatic rings. The fourth-order valence-electron chi connectivity index (χ4n) is 1.31. The van der Waals surface area contributed by atoms with Crippen molar-refractivity contribution in [2.24, 2.45) is 11.1 Å². The second-order valence-electron chi connectivity index (χ2n) is 4.22. The number of nitrogens with two attached hydrogens (primary N) is 1. The van der Waals surface area contributed by atoms with Crippen LogP contribution in [-0.4, -0.2) is 14.3 Å². The summed E-state index contributed by atoms with van der Waals surface area (Å²) < 4.78 is 22.0. The Labute approximate surface area is 101 Å². The van der Waals surface area contributed by atoms with Crippen molar-refractivity contribution in [1.82, 2.24) is 0 Å². The Morgan fingerprint density at radius 3 is 2.24 bits per heavy atom. The molecule has 0 aliphatic heterocycles. The quantitative estimate of drug-likeness (QED) is 0.851. The van der Waals surface area contributed by atoms with Gasteiger partial charge in [-0.2, -0.15) is 0 Å². The number of primary sulfonamides is 1. The molecule has 0 aromatic heterocycles. The zero-order valence-corrected chi connectivity index (χ0v) is 10.6. The van der Waals surface area contributed by atoms with Crippen LogP contribution in [0.4, 0.5) is 5.69 Å². The topological polar surface area (TPSA) is 89.3 Å². The first-order chi connectivity index (χ1) is 7.79. The molecule has 0 aliphatic carbocycles. The number of hydrogen-bond acceptors (Lipinski definition) is 3. The van der Waals surface area contributed by atoms with Crippen LogP contribution in [-0.2, 0) is 14.8 Å². The molecule has 1 aromatic rings. The summed E-state index contributed by atoms with van der Waals surface area (Å²) in [5.41, 5.74) is 0.558. The summed E-state index contributed by atoms with van der Waals surface area (Å²) in [5.74, 6) is 0.182. The first-order valence-electron chi connectivity index (χ1n) is 5.22. The molecule has 0 saturated heterocycles. The Morgan fingerprint density at radius 1 is 1.29 bits per heavy atom. The Morgan fingerprint density at radius 2 is 1.82 bits per heavy atom. The molecule has 0 bridgehead atoms. The summed E-state index contributed by atoms with van der Waals surface area (Å²) in [4.78, 5) is 11.5. The Kier molecular flexibility index (Phi) is 4.25. The lowest BCUT2D eigenvalue weighted by Crippen LogP contribution is -2.14. The molecule has 6 heteroatoms. The number of carbonyl (C=O) groups is 1. The van der Waals surface area contributed by atoms with Gasteiger partial charge in [0.15, 0.2) is 0 Å². The molecule has 1 aromatic carbocycles. The lowest BCUT2D eigenvalue weighted by molar-refractivity contribution is -0.116. The molecule has 5 nitrogen and oxygen atoms in total. The maximum atomic E-state index is 11.5. The van der Waals surface area contributed by atoms with Crippen molar-refractivity contribution >= 4 is 21.6 Å². The lowest BCUT2D eigenvalue weighted by Gasteiger charge is -2.07. The summed E-state index contributed by atoms with van der Waals surface area (Å²) in [6, 6.07) is 5.75. The van der Waals surface area contributed by atoms with Crippen molar-refractivity contribution in [1.29, 1.82) is 0 Å². The van der Waals surface area contributed by atoms with Gasteiger partial charge in [0.25, 0.3) is 0 Å². The van der Waals surface area contributed by atoms with Crippen molar-refractivity contribution in [2.75, 3.05) is 5.32 Å². The predicted molar refractivity (Wildman–Crippen MR) is 65.9 cm³/mol. The van der Waals surface area contributed by atoms with Gasteiger partial charge in [-0.25, -0.2) is 13.6 Å². The molecule has 0 fully saturated rings. The van der Waals surface area contributed by atoms with E-state index in [9.17, 15) is 13.2 Å². The van der Waals surface area contributed by atoms with Gasteiger partial charge in [0.05, 0.1) is 4.90 Å². The third-order valence-corrected chi connectivity index (χ3v) is 2.99. The third-order valence-electron chi connectivity index (χ3n) is 2.06. The van der Waals surface area contributed by atoms with Crippen molar-refractivity contribution in [3.8, 4) is 0 Å². The van der Waals surface area contributed by atoms with Crippen LogP contribution in [0.15, 0.2) is 29.2 Å². The standard InChI is InChI=1S/C11H16N2O3S/c1-8(2)7-11(14)13-9-3-5-10(6-4-9)17(12,15)16/h3-6,8H,7H2,1-2H3,(H,13,14)(H2,12,15,16). The molecule has 3 N–H and O–H groups in total. The summed E-state index contributed by atoms with van der Waals surface area (Å²) >= 11 is 0. The number of sulfonamides is 1. The van der Waals surface area contributed by atoms with Crippen LogP contribution in [0, 0.1) is 5.92 Å². The predicted octanol–water partition coefficient (Wildman–Crippen LogP) is 1.32. The number of rotatable bonds is 4. The second-order valence-corrected chi connectivity index (χ2v) is 5.78. The highest BCUT2D eigenvalue weighted by atomic mass is 32.2. The molecular formula is C11H16N2O3S. The maximum absolute atomic E-state index is 11.5. The van der Waals surface area contributed by atoms with E-state index in [4.69, 9.17) is 5.14 Å². The number of benzene rings is 1. The van der Waals surface area contributed by atoms with Gasteiger partial charge in [0, 0.05) is 12.1 Å². The van der Waals surface area contributed by atoms with Crippen LogP contribution in [0.5, 0.6) is 0 Å². The van der Waals surface area contributed by atoms with E-state index >= 15 is 0 Å². The van der Waals surface area contributed by atoms with Gasteiger partial charge in [-0.1, -0.05) is 13.8 Å². The van der Waals surface area contributed by atoms with Crippen LogP contribution < -0.4 is 10.5 Å². The summed E-state index contributed by atoms with van der Waals surface area (Å²) in [6.45, 7) is 3.90. The number of carbonyl (C=O) groups excluding carboxylic acids is 1. The smallest absolute Gasteiger partial charge is 0.238 e. The van der Waals surface area contributed by atoms with Crippen molar-refractivity contribution in [2.45, 2.75) is 25.2 Å². The van der Waals surface area contributed by atoms with Crippen molar-refractivity contribution < 1.29 is 13.2 Å². The highest BCUT2D eigenvalue weighted by molar-refractivity contribution is 7.89. The van der Waals surface area contributed by atoms with E-state index in [0.29, 0.717) is 12.1 Å². The van der Waals surface area contributed by atoms with Gasteiger partial charge < -0.3 is 5.32 Å². The third kappa shape index (κ3) is 4.54. The number of amides is 1. The molecule has 0 unspecified atom stereocenters. The van der Waals surface area contributed by atoms with Crippen LogP contribution in [0.25, 0.3) is 0 Å². The van der Waals surface area contributed by atoms with Gasteiger partial charge in [-0.3, -0.25) is 4.79 Å². The molecule has 1 rings (SSSR count). The molecule has 17 heavy (non-hydrogen) atoms. The molecule has 1 amide bonds. The lowest BCUT2D eigenvalue weighted by atomic mass is 10.1. The molecule has 0 spiro atoms. The van der Waals surface area contributed by atoms with Crippen LogP contribution in [0.3, 0.4) is 0 Å².